The zero-order valence-electron chi connectivity index (χ0n) is 18.6. The number of allylic oxidation sites excluding steroid dienone is 1. The van der Waals surface area contributed by atoms with Crippen molar-refractivity contribution in [2.24, 2.45) is 0 Å². The van der Waals surface area contributed by atoms with Gasteiger partial charge in [-0.25, -0.2) is 9.59 Å². The lowest BCUT2D eigenvalue weighted by atomic mass is 10.0. The minimum absolute atomic E-state index is 0.0986. The molecule has 1 aromatic carbocycles. The second-order valence-electron chi connectivity index (χ2n) is 6.87. The van der Waals surface area contributed by atoms with Crippen LogP contribution in [-0.4, -0.2) is 35.9 Å². The number of ketones is 1. The van der Waals surface area contributed by atoms with Crippen LogP contribution in [0.2, 0.25) is 0 Å². The number of nitro benzene ring substituents is 1. The number of rotatable bonds is 9. The van der Waals surface area contributed by atoms with Crippen LogP contribution in [0.5, 0.6) is 0 Å². The summed E-state index contributed by atoms with van der Waals surface area (Å²) >= 11 is 0.937. The van der Waals surface area contributed by atoms with Gasteiger partial charge in [0.15, 0.2) is 5.78 Å². The third-order valence-electron chi connectivity index (χ3n) is 4.64. The van der Waals surface area contributed by atoms with E-state index in [0.29, 0.717) is 16.7 Å². The summed E-state index contributed by atoms with van der Waals surface area (Å²) in [6.07, 6.45) is 0.929. The summed E-state index contributed by atoms with van der Waals surface area (Å²) in [6.45, 7) is 6.68. The van der Waals surface area contributed by atoms with E-state index in [1.54, 1.807) is 33.8 Å². The number of hydrogen-bond acceptors (Lipinski definition) is 9. The molecule has 0 aliphatic rings. The standard InChI is InChI=1S/C23H22N2O7S/c1-5-31-22(27)20-14(4)21(23(28)32-6-2)33-19(20)11-18(26)16(12-24)9-15-8-7-13(3)17(10-15)25(29)30/h7-10H,5-6,11H2,1-4H3/b16-9-. The van der Waals surface area contributed by atoms with Gasteiger partial charge in [-0.15, -0.1) is 11.3 Å². The van der Waals surface area contributed by atoms with E-state index in [-0.39, 0.29) is 46.2 Å². The number of carbonyl (C=O) groups excluding carboxylic acids is 3. The molecule has 33 heavy (non-hydrogen) atoms. The molecule has 172 valence electrons. The number of carbonyl (C=O) groups is 3. The number of thiophene rings is 1. The number of hydrogen-bond donors (Lipinski definition) is 0. The van der Waals surface area contributed by atoms with Crippen LogP contribution < -0.4 is 0 Å². The number of Topliss-reactive ketones (excluding diaryl/α,β-unsaturated/α-hetero) is 1. The predicted molar refractivity (Wildman–Crippen MR) is 121 cm³/mol. The van der Waals surface area contributed by atoms with Gasteiger partial charge in [0.2, 0.25) is 0 Å². The number of benzene rings is 1. The molecule has 0 unspecified atom stereocenters. The fourth-order valence-electron chi connectivity index (χ4n) is 3.06. The van der Waals surface area contributed by atoms with Crippen molar-refractivity contribution >= 4 is 40.8 Å². The third kappa shape index (κ3) is 5.90. The summed E-state index contributed by atoms with van der Waals surface area (Å²) in [4.78, 5) is 48.8. The zero-order valence-corrected chi connectivity index (χ0v) is 19.4. The second-order valence-corrected chi connectivity index (χ2v) is 7.97. The SMILES string of the molecule is CCOC(=O)c1sc(CC(=O)/C(C#N)=C\c2ccc(C)c([N+](=O)[O-])c2)c(C(=O)OCC)c1C. The molecule has 1 heterocycles. The van der Waals surface area contributed by atoms with Gasteiger partial charge in [-0.05, 0) is 44.9 Å². The second kappa shape index (κ2) is 11.2. The highest BCUT2D eigenvalue weighted by Crippen LogP contribution is 2.31. The van der Waals surface area contributed by atoms with E-state index in [4.69, 9.17) is 9.47 Å². The van der Waals surface area contributed by atoms with E-state index in [1.165, 1.54) is 18.2 Å². The maximum atomic E-state index is 12.9. The molecule has 2 aromatic rings. The van der Waals surface area contributed by atoms with Crippen LogP contribution in [0.1, 0.15) is 55.4 Å². The fourth-order valence-corrected chi connectivity index (χ4v) is 4.24. The minimum atomic E-state index is -0.679. The topological polar surface area (TPSA) is 137 Å². The van der Waals surface area contributed by atoms with Crippen molar-refractivity contribution in [3.8, 4) is 6.07 Å². The van der Waals surface area contributed by atoms with Crippen LogP contribution in [-0.2, 0) is 20.7 Å². The summed E-state index contributed by atoms with van der Waals surface area (Å²) < 4.78 is 10.1. The van der Waals surface area contributed by atoms with Gasteiger partial charge < -0.3 is 9.47 Å². The molecule has 1 aromatic heterocycles. The molecule has 2 rings (SSSR count). The lowest BCUT2D eigenvalue weighted by Crippen LogP contribution is -2.12. The Bertz CT molecular complexity index is 1190. The van der Waals surface area contributed by atoms with Crippen LogP contribution in [0.4, 0.5) is 5.69 Å². The van der Waals surface area contributed by atoms with E-state index >= 15 is 0 Å². The molecule has 0 bridgehead atoms. The quantitative estimate of drug-likeness (QED) is 0.173. The van der Waals surface area contributed by atoms with E-state index in [9.17, 15) is 29.8 Å². The third-order valence-corrected chi connectivity index (χ3v) is 5.91. The van der Waals surface area contributed by atoms with E-state index in [1.807, 2.05) is 6.07 Å². The van der Waals surface area contributed by atoms with E-state index in [0.717, 1.165) is 11.3 Å². The normalized spacial score (nSPS) is 10.9. The summed E-state index contributed by atoms with van der Waals surface area (Å²) in [5, 5.41) is 20.7. The summed E-state index contributed by atoms with van der Waals surface area (Å²) in [7, 11) is 0. The van der Waals surface area contributed by atoms with Crippen molar-refractivity contribution in [1.29, 1.82) is 5.26 Å². The average Bonchev–Trinajstić information content (AvgIpc) is 3.08. The first-order valence-electron chi connectivity index (χ1n) is 10.0. The van der Waals surface area contributed by atoms with Gasteiger partial charge in [-0.2, -0.15) is 5.26 Å². The van der Waals surface area contributed by atoms with Crippen molar-refractivity contribution in [3.05, 3.63) is 65.9 Å². The molecule has 0 saturated carbocycles. The predicted octanol–water partition coefficient (Wildman–Crippen LogP) is 4.35. The van der Waals surface area contributed by atoms with Gasteiger partial charge in [-0.3, -0.25) is 14.9 Å². The van der Waals surface area contributed by atoms with Gasteiger partial charge in [0.25, 0.3) is 5.69 Å². The molecular formula is C23H22N2O7S. The van der Waals surface area contributed by atoms with Gasteiger partial charge in [0, 0.05) is 22.9 Å². The average molecular weight is 471 g/mol. The van der Waals surface area contributed by atoms with Crippen molar-refractivity contribution in [2.75, 3.05) is 13.2 Å². The fraction of sp³-hybridized carbons (Fsp3) is 0.304. The molecule has 0 amide bonds. The van der Waals surface area contributed by atoms with Gasteiger partial charge in [-0.1, -0.05) is 12.1 Å². The monoisotopic (exact) mass is 470 g/mol. The summed E-state index contributed by atoms with van der Waals surface area (Å²) in [5.74, 6) is -1.91. The van der Waals surface area contributed by atoms with Crippen LogP contribution in [0.3, 0.4) is 0 Å². The van der Waals surface area contributed by atoms with Crippen molar-refractivity contribution in [3.63, 3.8) is 0 Å². The Kier molecular flexibility index (Phi) is 8.59. The first-order valence-corrected chi connectivity index (χ1v) is 10.8. The molecule has 0 saturated heterocycles. The smallest absolute Gasteiger partial charge is 0.348 e. The van der Waals surface area contributed by atoms with Gasteiger partial charge in [0.05, 0.1) is 29.3 Å². The zero-order chi connectivity index (χ0) is 24.7. The van der Waals surface area contributed by atoms with Crippen LogP contribution in [0.25, 0.3) is 6.08 Å². The van der Waals surface area contributed by atoms with Crippen LogP contribution in [0, 0.1) is 35.3 Å². The van der Waals surface area contributed by atoms with E-state index < -0.39 is 22.6 Å². The van der Waals surface area contributed by atoms with Crippen LogP contribution in [0.15, 0.2) is 23.8 Å². The van der Waals surface area contributed by atoms with Crippen molar-refractivity contribution < 1.29 is 28.8 Å². The molecule has 0 spiro atoms. The molecule has 0 aliphatic carbocycles. The lowest BCUT2D eigenvalue weighted by molar-refractivity contribution is -0.385. The maximum Gasteiger partial charge on any atom is 0.348 e. The molecule has 10 heteroatoms. The highest BCUT2D eigenvalue weighted by atomic mass is 32.1. The largest absolute Gasteiger partial charge is 0.462 e. The van der Waals surface area contributed by atoms with Gasteiger partial charge >= 0.3 is 11.9 Å². The van der Waals surface area contributed by atoms with Crippen LogP contribution >= 0.6 is 11.3 Å². The number of ether oxygens (including phenoxy) is 2. The number of nitrogens with zero attached hydrogens (tertiary/aromatic N) is 2. The summed E-state index contributed by atoms with van der Waals surface area (Å²) in [6, 6.07) is 6.17. The van der Waals surface area contributed by atoms with Crippen molar-refractivity contribution in [1.82, 2.24) is 0 Å². The van der Waals surface area contributed by atoms with Crippen molar-refractivity contribution in [2.45, 2.75) is 34.1 Å². The number of nitro groups is 1. The Morgan fingerprint density at radius 1 is 1.15 bits per heavy atom. The van der Waals surface area contributed by atoms with Gasteiger partial charge in [0.1, 0.15) is 10.9 Å². The Hall–Kier alpha value is -3.84. The number of esters is 2. The number of aryl methyl sites for hydroxylation is 1. The molecule has 9 nitrogen and oxygen atoms in total. The van der Waals surface area contributed by atoms with E-state index in [2.05, 4.69) is 0 Å². The first kappa shape index (κ1) is 25.4. The molecule has 0 radical (unpaired) electrons. The lowest BCUT2D eigenvalue weighted by Gasteiger charge is -2.05. The minimum Gasteiger partial charge on any atom is -0.462 e. The highest BCUT2D eigenvalue weighted by Gasteiger charge is 2.28. The molecule has 0 N–H and O–H groups in total. The molecule has 0 atom stereocenters. The molecular weight excluding hydrogens is 448 g/mol. The Balaban J connectivity index is 2.46. The number of nitriles is 1. The Morgan fingerprint density at radius 3 is 2.36 bits per heavy atom. The maximum absolute atomic E-state index is 12.9. The Morgan fingerprint density at radius 2 is 1.79 bits per heavy atom. The first-order chi connectivity index (χ1) is 15.6. The highest BCUT2D eigenvalue weighted by molar-refractivity contribution is 7.14. The Labute approximate surface area is 194 Å². The molecule has 0 aliphatic heterocycles. The molecule has 0 fully saturated rings. The summed E-state index contributed by atoms with van der Waals surface area (Å²) in [5.41, 5.74) is 0.828.